The first kappa shape index (κ1) is 20.5. The number of rotatable bonds is 10. The first-order valence-electron chi connectivity index (χ1n) is 8.69. The molecule has 1 aromatic heterocycles. The van der Waals surface area contributed by atoms with Crippen molar-refractivity contribution in [3.63, 3.8) is 0 Å². The standard InChI is InChI=1S/C19H31N3O2/c1-7-21(11-15(4)23)12-18-9-14(3)10-19(20-18)13-22(8-2)16(5)17(6)24/h9-10,16H,7-8,11-13H2,1-6H3. The van der Waals surface area contributed by atoms with Gasteiger partial charge in [-0.1, -0.05) is 13.8 Å². The third-order valence-electron chi connectivity index (χ3n) is 4.26. The number of hydrogen-bond donors (Lipinski definition) is 0. The highest BCUT2D eigenvalue weighted by atomic mass is 16.1. The molecule has 0 aromatic carbocycles. The van der Waals surface area contributed by atoms with Gasteiger partial charge in [-0.05, 0) is 58.5 Å². The molecule has 24 heavy (non-hydrogen) atoms. The van der Waals surface area contributed by atoms with E-state index in [9.17, 15) is 9.59 Å². The van der Waals surface area contributed by atoms with Crippen LogP contribution < -0.4 is 0 Å². The van der Waals surface area contributed by atoms with E-state index in [4.69, 9.17) is 4.98 Å². The van der Waals surface area contributed by atoms with Crippen molar-refractivity contribution >= 4 is 11.6 Å². The molecule has 1 heterocycles. The smallest absolute Gasteiger partial charge is 0.146 e. The molecule has 0 bridgehead atoms. The van der Waals surface area contributed by atoms with E-state index in [-0.39, 0.29) is 17.6 Å². The first-order chi connectivity index (χ1) is 11.3. The molecule has 0 aliphatic heterocycles. The quantitative estimate of drug-likeness (QED) is 0.659. The Morgan fingerprint density at radius 1 is 1.08 bits per heavy atom. The van der Waals surface area contributed by atoms with Crippen LogP contribution in [0.1, 0.15) is 51.6 Å². The molecule has 0 aliphatic carbocycles. The van der Waals surface area contributed by atoms with Gasteiger partial charge >= 0.3 is 0 Å². The number of aromatic nitrogens is 1. The summed E-state index contributed by atoms with van der Waals surface area (Å²) in [5.41, 5.74) is 3.10. The Morgan fingerprint density at radius 2 is 1.67 bits per heavy atom. The van der Waals surface area contributed by atoms with Crippen LogP contribution in [-0.2, 0) is 22.7 Å². The molecule has 1 rings (SSSR count). The second-order valence-corrected chi connectivity index (χ2v) is 6.48. The van der Waals surface area contributed by atoms with E-state index in [1.54, 1.807) is 13.8 Å². The first-order valence-corrected chi connectivity index (χ1v) is 8.69. The van der Waals surface area contributed by atoms with Gasteiger partial charge in [-0.2, -0.15) is 0 Å². The van der Waals surface area contributed by atoms with Gasteiger partial charge in [0.1, 0.15) is 11.6 Å². The Hall–Kier alpha value is -1.59. The van der Waals surface area contributed by atoms with Gasteiger partial charge in [0.25, 0.3) is 0 Å². The number of pyridine rings is 1. The summed E-state index contributed by atoms with van der Waals surface area (Å²) in [5.74, 6) is 0.334. The lowest BCUT2D eigenvalue weighted by atomic mass is 10.1. The maximum absolute atomic E-state index is 11.7. The summed E-state index contributed by atoms with van der Waals surface area (Å²) < 4.78 is 0. The van der Waals surface area contributed by atoms with Gasteiger partial charge < -0.3 is 0 Å². The molecule has 5 heteroatoms. The van der Waals surface area contributed by atoms with Gasteiger partial charge in [0.15, 0.2) is 0 Å². The average molecular weight is 333 g/mol. The number of aryl methyl sites for hydroxylation is 1. The molecule has 0 radical (unpaired) electrons. The Bertz CT molecular complexity index is 572. The summed E-state index contributed by atoms with van der Waals surface area (Å²) in [5, 5.41) is 0. The van der Waals surface area contributed by atoms with Crippen LogP contribution in [0.3, 0.4) is 0 Å². The third kappa shape index (κ3) is 6.49. The monoisotopic (exact) mass is 333 g/mol. The van der Waals surface area contributed by atoms with Crippen molar-refractivity contribution in [2.24, 2.45) is 0 Å². The summed E-state index contributed by atoms with van der Waals surface area (Å²) >= 11 is 0. The molecule has 0 aliphatic rings. The molecule has 134 valence electrons. The van der Waals surface area contributed by atoms with Crippen LogP contribution in [0.2, 0.25) is 0 Å². The summed E-state index contributed by atoms with van der Waals surface area (Å²) in [6.07, 6.45) is 0. The van der Waals surface area contributed by atoms with E-state index in [0.717, 1.165) is 30.0 Å². The van der Waals surface area contributed by atoms with Crippen molar-refractivity contribution < 1.29 is 9.59 Å². The summed E-state index contributed by atoms with van der Waals surface area (Å²) in [6, 6.07) is 4.03. The molecule has 1 unspecified atom stereocenters. The van der Waals surface area contributed by atoms with Crippen LogP contribution in [-0.4, -0.2) is 52.0 Å². The fourth-order valence-electron chi connectivity index (χ4n) is 2.79. The van der Waals surface area contributed by atoms with Gasteiger partial charge in [-0.15, -0.1) is 0 Å². The fourth-order valence-corrected chi connectivity index (χ4v) is 2.79. The lowest BCUT2D eigenvalue weighted by molar-refractivity contribution is -0.121. The summed E-state index contributed by atoms with van der Waals surface area (Å²) in [7, 11) is 0. The maximum Gasteiger partial charge on any atom is 0.146 e. The van der Waals surface area contributed by atoms with Gasteiger partial charge in [0.2, 0.25) is 0 Å². The number of carbonyl (C=O) groups excluding carboxylic acids is 2. The zero-order chi connectivity index (χ0) is 18.3. The minimum Gasteiger partial charge on any atom is -0.299 e. The zero-order valence-electron chi connectivity index (χ0n) is 15.9. The number of nitrogens with zero attached hydrogens (tertiary/aromatic N) is 3. The normalized spacial score (nSPS) is 12.7. The number of Topliss-reactive ketones (excluding diaryl/α,β-unsaturated/α-hetero) is 2. The number of hydrogen-bond acceptors (Lipinski definition) is 5. The molecule has 0 saturated heterocycles. The second kappa shape index (κ2) is 9.64. The van der Waals surface area contributed by atoms with Crippen LogP contribution in [0.5, 0.6) is 0 Å². The van der Waals surface area contributed by atoms with E-state index in [1.807, 2.05) is 13.8 Å². The highest BCUT2D eigenvalue weighted by molar-refractivity contribution is 5.80. The molecular formula is C19H31N3O2. The van der Waals surface area contributed by atoms with Crippen molar-refractivity contribution in [1.82, 2.24) is 14.8 Å². The Balaban J connectivity index is 2.92. The molecule has 0 fully saturated rings. The SMILES string of the molecule is CCN(CC(C)=O)Cc1cc(C)cc(CN(CC)C(C)C(C)=O)n1. The molecule has 0 amide bonds. The Kier molecular flexibility index (Phi) is 8.22. The zero-order valence-corrected chi connectivity index (χ0v) is 15.9. The van der Waals surface area contributed by atoms with Crippen molar-refractivity contribution in [3.05, 3.63) is 29.1 Å². The summed E-state index contributed by atoms with van der Waals surface area (Å²) in [6.45, 7) is 14.7. The van der Waals surface area contributed by atoms with E-state index in [2.05, 4.69) is 35.8 Å². The number of ketones is 2. The van der Waals surface area contributed by atoms with Gasteiger partial charge in [0.05, 0.1) is 24.0 Å². The maximum atomic E-state index is 11.7. The number of carbonyl (C=O) groups is 2. The fraction of sp³-hybridized carbons (Fsp3) is 0.632. The molecular weight excluding hydrogens is 302 g/mol. The molecule has 0 spiro atoms. The topological polar surface area (TPSA) is 53.5 Å². The third-order valence-corrected chi connectivity index (χ3v) is 4.26. The van der Waals surface area contributed by atoms with Crippen LogP contribution in [0.4, 0.5) is 0 Å². The predicted octanol–water partition coefficient (Wildman–Crippen LogP) is 2.60. The highest BCUT2D eigenvalue weighted by Crippen LogP contribution is 2.12. The predicted molar refractivity (Wildman–Crippen MR) is 96.8 cm³/mol. The lowest BCUT2D eigenvalue weighted by Crippen LogP contribution is -2.37. The minimum atomic E-state index is -0.106. The van der Waals surface area contributed by atoms with E-state index < -0.39 is 0 Å². The molecule has 5 nitrogen and oxygen atoms in total. The van der Waals surface area contributed by atoms with E-state index >= 15 is 0 Å². The lowest BCUT2D eigenvalue weighted by Gasteiger charge is -2.26. The van der Waals surface area contributed by atoms with Crippen molar-refractivity contribution in [3.8, 4) is 0 Å². The van der Waals surface area contributed by atoms with Crippen LogP contribution in [0.25, 0.3) is 0 Å². The van der Waals surface area contributed by atoms with Crippen molar-refractivity contribution in [2.45, 2.75) is 60.7 Å². The van der Waals surface area contributed by atoms with Gasteiger partial charge in [-0.3, -0.25) is 24.4 Å². The minimum absolute atomic E-state index is 0.106. The molecule has 1 aromatic rings. The van der Waals surface area contributed by atoms with E-state index in [0.29, 0.717) is 19.6 Å². The van der Waals surface area contributed by atoms with Crippen LogP contribution in [0, 0.1) is 6.92 Å². The molecule has 0 N–H and O–H groups in total. The average Bonchev–Trinajstić information content (AvgIpc) is 2.50. The van der Waals surface area contributed by atoms with Gasteiger partial charge in [0, 0.05) is 13.1 Å². The summed E-state index contributed by atoms with van der Waals surface area (Å²) in [4.78, 5) is 32.0. The van der Waals surface area contributed by atoms with Gasteiger partial charge in [-0.25, -0.2) is 0 Å². The Labute approximate surface area is 146 Å². The largest absolute Gasteiger partial charge is 0.299 e. The molecule has 1 atom stereocenters. The van der Waals surface area contributed by atoms with E-state index in [1.165, 1.54) is 0 Å². The van der Waals surface area contributed by atoms with Crippen LogP contribution >= 0.6 is 0 Å². The van der Waals surface area contributed by atoms with Crippen molar-refractivity contribution in [1.29, 1.82) is 0 Å². The second-order valence-electron chi connectivity index (χ2n) is 6.48. The molecule has 0 saturated carbocycles. The highest BCUT2D eigenvalue weighted by Gasteiger charge is 2.17. The number of likely N-dealkylation sites (N-methyl/N-ethyl adjacent to an activating group) is 2. The Morgan fingerprint density at radius 3 is 2.12 bits per heavy atom. The van der Waals surface area contributed by atoms with Crippen molar-refractivity contribution in [2.75, 3.05) is 19.6 Å². The van der Waals surface area contributed by atoms with Crippen LogP contribution in [0.15, 0.2) is 12.1 Å².